The monoisotopic (exact) mass is 583 g/mol. The summed E-state index contributed by atoms with van der Waals surface area (Å²) in [6.45, 7) is 2.12. The molecule has 0 radical (unpaired) electrons. The van der Waals surface area contributed by atoms with E-state index in [0.717, 1.165) is 25.9 Å². The summed E-state index contributed by atoms with van der Waals surface area (Å²) in [4.78, 5) is 2.42. The highest BCUT2D eigenvalue weighted by molar-refractivity contribution is 9.10. The minimum absolute atomic E-state index is 0.0331. The Morgan fingerprint density at radius 2 is 1.29 bits per heavy atom. The van der Waals surface area contributed by atoms with Gasteiger partial charge >= 0.3 is 0 Å². The molecule has 5 aromatic carbocycles. The minimum Gasteiger partial charge on any atom is -0.466 e. The molecule has 1 aliphatic heterocycles. The predicted octanol–water partition coefficient (Wildman–Crippen LogP) is 9.36. The Kier molecular flexibility index (Phi) is 5.87. The van der Waals surface area contributed by atoms with Gasteiger partial charge in [-0.15, -0.1) is 0 Å². The summed E-state index contributed by atoms with van der Waals surface area (Å²) in [5.41, 5.74) is 5.87. The number of ether oxygens (including phenoxy) is 1. The van der Waals surface area contributed by atoms with E-state index in [1.807, 2.05) is 0 Å². The van der Waals surface area contributed by atoms with Crippen molar-refractivity contribution in [1.29, 1.82) is 0 Å². The molecule has 0 spiro atoms. The van der Waals surface area contributed by atoms with Crippen molar-refractivity contribution >= 4 is 48.3 Å². The van der Waals surface area contributed by atoms with Crippen molar-refractivity contribution < 1.29 is 4.74 Å². The second-order valence-electron chi connectivity index (χ2n) is 8.92. The maximum absolute atomic E-state index is 6.84. The largest absolute Gasteiger partial charge is 0.466 e. The van der Waals surface area contributed by atoms with Crippen molar-refractivity contribution in [1.82, 2.24) is 0 Å². The Balaban J connectivity index is 1.65. The molecule has 2 atom stereocenters. The van der Waals surface area contributed by atoms with Crippen LogP contribution in [0.3, 0.4) is 0 Å². The van der Waals surface area contributed by atoms with E-state index in [1.165, 1.54) is 27.5 Å². The second kappa shape index (κ2) is 9.18. The molecular formula is C31H23Br2NO. The van der Waals surface area contributed by atoms with Gasteiger partial charge in [-0.2, -0.15) is 0 Å². The molecule has 0 bridgehead atoms. The first-order chi connectivity index (χ1) is 17.1. The lowest BCUT2D eigenvalue weighted by atomic mass is 9.89. The highest BCUT2D eigenvalue weighted by atomic mass is 79.9. The third-order valence-corrected chi connectivity index (χ3v) is 7.70. The van der Waals surface area contributed by atoms with E-state index in [-0.39, 0.29) is 12.3 Å². The fourth-order valence-electron chi connectivity index (χ4n) is 4.94. The van der Waals surface area contributed by atoms with Crippen LogP contribution >= 0.6 is 31.9 Å². The number of rotatable bonds is 3. The van der Waals surface area contributed by atoms with Gasteiger partial charge in [0.2, 0.25) is 0 Å². The number of aryl methyl sites for hydroxylation is 1. The smallest absolute Gasteiger partial charge is 0.199 e. The number of hydrogen-bond acceptors (Lipinski definition) is 2. The summed E-state index contributed by atoms with van der Waals surface area (Å²) in [5, 5.41) is 2.42. The Bertz CT molecular complexity index is 1490. The molecule has 172 valence electrons. The van der Waals surface area contributed by atoms with Crippen LogP contribution in [0.1, 0.15) is 34.5 Å². The Morgan fingerprint density at radius 3 is 1.97 bits per heavy atom. The molecule has 1 heterocycles. The Morgan fingerprint density at radius 1 is 0.657 bits per heavy atom. The molecule has 1 aliphatic rings. The first-order valence-electron chi connectivity index (χ1n) is 11.6. The van der Waals surface area contributed by atoms with Crippen molar-refractivity contribution in [2.24, 2.45) is 0 Å². The zero-order chi connectivity index (χ0) is 23.9. The van der Waals surface area contributed by atoms with Crippen LogP contribution in [0, 0.1) is 6.92 Å². The molecule has 0 aromatic heterocycles. The summed E-state index contributed by atoms with van der Waals surface area (Å²) in [7, 11) is 0. The number of halogens is 2. The predicted molar refractivity (Wildman–Crippen MR) is 151 cm³/mol. The lowest BCUT2D eigenvalue weighted by molar-refractivity contribution is 0.170. The summed E-state index contributed by atoms with van der Waals surface area (Å²) in [6, 6.07) is 38.7. The van der Waals surface area contributed by atoms with Crippen LogP contribution in [0.4, 0.5) is 5.69 Å². The van der Waals surface area contributed by atoms with Crippen molar-refractivity contribution in [3.8, 4) is 5.75 Å². The summed E-state index contributed by atoms with van der Waals surface area (Å²) in [5.74, 6) is 0.924. The topological polar surface area (TPSA) is 12.5 Å². The van der Waals surface area contributed by atoms with E-state index in [4.69, 9.17) is 4.74 Å². The number of hydrogen-bond donors (Lipinski definition) is 0. The molecule has 6 rings (SSSR count). The molecule has 2 nitrogen and oxygen atoms in total. The van der Waals surface area contributed by atoms with Gasteiger partial charge in [0.05, 0.1) is 6.04 Å². The zero-order valence-electron chi connectivity index (χ0n) is 19.2. The summed E-state index contributed by atoms with van der Waals surface area (Å²) >= 11 is 7.21. The molecule has 4 heteroatoms. The van der Waals surface area contributed by atoms with E-state index < -0.39 is 0 Å². The summed E-state index contributed by atoms with van der Waals surface area (Å²) in [6.07, 6.45) is -0.284. The van der Waals surface area contributed by atoms with Crippen LogP contribution in [-0.2, 0) is 0 Å². The lowest BCUT2D eigenvalue weighted by Gasteiger charge is -2.45. The maximum atomic E-state index is 6.84. The van der Waals surface area contributed by atoms with E-state index in [2.05, 4.69) is 153 Å². The van der Waals surface area contributed by atoms with Gasteiger partial charge in [-0.3, -0.25) is 0 Å². The van der Waals surface area contributed by atoms with Gasteiger partial charge in [0, 0.05) is 25.8 Å². The van der Waals surface area contributed by atoms with Gasteiger partial charge in [-0.1, -0.05) is 104 Å². The van der Waals surface area contributed by atoms with E-state index in [0.29, 0.717) is 0 Å². The van der Waals surface area contributed by atoms with Crippen molar-refractivity contribution in [3.05, 3.63) is 140 Å². The average Bonchev–Trinajstić information content (AvgIpc) is 2.89. The van der Waals surface area contributed by atoms with Crippen LogP contribution in [0.15, 0.2) is 118 Å². The van der Waals surface area contributed by atoms with Gasteiger partial charge in [0.25, 0.3) is 0 Å². The van der Waals surface area contributed by atoms with E-state index in [1.54, 1.807) is 0 Å². The van der Waals surface area contributed by atoms with Crippen LogP contribution in [-0.4, -0.2) is 0 Å². The SMILES string of the molecule is Cc1ccc(N2[C@H](c3ccc(Br)cc3)c3c(ccc4ccccc34)O[C@@H]2c2ccc(Br)cc2)cc1. The van der Waals surface area contributed by atoms with Crippen LogP contribution < -0.4 is 9.64 Å². The van der Waals surface area contributed by atoms with Crippen molar-refractivity contribution in [2.45, 2.75) is 19.2 Å². The van der Waals surface area contributed by atoms with Crippen LogP contribution in [0.25, 0.3) is 10.8 Å². The molecule has 0 saturated carbocycles. The van der Waals surface area contributed by atoms with Crippen molar-refractivity contribution in [2.75, 3.05) is 4.90 Å². The molecule has 0 fully saturated rings. The second-order valence-corrected chi connectivity index (χ2v) is 10.7. The highest BCUT2D eigenvalue weighted by Gasteiger charge is 2.39. The minimum atomic E-state index is -0.284. The molecule has 0 aliphatic carbocycles. The third-order valence-electron chi connectivity index (χ3n) is 6.65. The van der Waals surface area contributed by atoms with Gasteiger partial charge in [-0.25, -0.2) is 0 Å². The number of nitrogens with zero attached hydrogens (tertiary/aromatic N) is 1. The quantitative estimate of drug-likeness (QED) is 0.209. The highest BCUT2D eigenvalue weighted by Crippen LogP contribution is 2.50. The third kappa shape index (κ3) is 4.15. The van der Waals surface area contributed by atoms with Crippen LogP contribution in [0.5, 0.6) is 5.75 Å². The zero-order valence-corrected chi connectivity index (χ0v) is 22.3. The van der Waals surface area contributed by atoms with E-state index in [9.17, 15) is 0 Å². The number of fused-ring (bicyclic) bond motifs is 3. The lowest BCUT2D eigenvalue weighted by Crippen LogP contribution is -2.40. The molecule has 0 N–H and O–H groups in total. The molecule has 5 aromatic rings. The number of benzene rings is 5. The Labute approximate surface area is 222 Å². The van der Waals surface area contributed by atoms with Crippen LogP contribution in [0.2, 0.25) is 0 Å². The molecule has 0 amide bonds. The normalized spacial score (nSPS) is 17.2. The maximum Gasteiger partial charge on any atom is 0.199 e. The molecule has 0 unspecified atom stereocenters. The first kappa shape index (κ1) is 22.4. The van der Waals surface area contributed by atoms with E-state index >= 15 is 0 Å². The van der Waals surface area contributed by atoms with Gasteiger partial charge < -0.3 is 9.64 Å². The fraction of sp³-hybridized carbons (Fsp3) is 0.0968. The molecule has 35 heavy (non-hydrogen) atoms. The molecular weight excluding hydrogens is 562 g/mol. The van der Waals surface area contributed by atoms with Gasteiger partial charge in [-0.05, 0) is 65.7 Å². The average molecular weight is 585 g/mol. The van der Waals surface area contributed by atoms with Gasteiger partial charge in [0.15, 0.2) is 6.23 Å². The van der Waals surface area contributed by atoms with Gasteiger partial charge in [0.1, 0.15) is 5.75 Å². The fourth-order valence-corrected chi connectivity index (χ4v) is 5.47. The first-order valence-corrected chi connectivity index (χ1v) is 13.2. The standard InChI is InChI=1S/C31H23Br2NO/c1-20-6-17-26(18-7-20)34-30(22-8-13-24(32)14-9-22)29-27-5-3-2-4-21(27)12-19-28(29)35-31(34)23-10-15-25(33)16-11-23/h2-19,30-31H,1H3/t30-,31-/m1/s1. The summed E-state index contributed by atoms with van der Waals surface area (Å²) < 4.78 is 8.96. The van der Waals surface area contributed by atoms with Crippen molar-refractivity contribution in [3.63, 3.8) is 0 Å². The number of anilines is 1. The molecule has 0 saturated heterocycles. The Hall–Kier alpha value is -3.08.